The lowest BCUT2D eigenvalue weighted by atomic mass is 9.93. The summed E-state index contributed by atoms with van der Waals surface area (Å²) in [7, 11) is 0. The zero-order valence-electron chi connectivity index (χ0n) is 16.4. The molecule has 2 aromatic rings. The SMILES string of the molecule is CCC(=O)N[C@H]1CC[C@@H](Oc2cc(N3CCOCC3)cc3nccnc23)CC1. The van der Waals surface area contributed by atoms with Gasteiger partial charge in [0.1, 0.15) is 11.3 Å². The topological polar surface area (TPSA) is 76.6 Å². The zero-order valence-corrected chi connectivity index (χ0v) is 16.4. The van der Waals surface area contributed by atoms with Gasteiger partial charge in [0.25, 0.3) is 0 Å². The highest BCUT2D eigenvalue weighted by Gasteiger charge is 2.24. The number of fused-ring (bicyclic) bond motifs is 1. The number of anilines is 1. The van der Waals surface area contributed by atoms with Crippen molar-refractivity contribution in [3.8, 4) is 5.75 Å². The number of carbonyl (C=O) groups excluding carboxylic acids is 1. The predicted octanol–water partition coefficient (Wildman–Crippen LogP) is 2.68. The number of aromatic nitrogens is 2. The third kappa shape index (κ3) is 4.35. The minimum Gasteiger partial charge on any atom is -0.488 e. The molecule has 150 valence electrons. The average Bonchev–Trinajstić information content (AvgIpc) is 2.75. The van der Waals surface area contributed by atoms with E-state index in [0.29, 0.717) is 6.42 Å². The standard InChI is InChI=1S/C21H28N4O3/c1-2-20(26)24-15-3-5-17(6-4-15)28-19-14-16(25-9-11-27-12-10-25)13-18-21(19)23-8-7-22-18/h7-8,13-15,17H,2-6,9-12H2,1H3,(H,24,26)/t15-,17+. The molecule has 1 amide bonds. The molecular weight excluding hydrogens is 356 g/mol. The maximum atomic E-state index is 11.6. The molecule has 2 heterocycles. The third-order valence-corrected chi connectivity index (χ3v) is 5.55. The van der Waals surface area contributed by atoms with Crippen LogP contribution in [0.5, 0.6) is 5.75 Å². The van der Waals surface area contributed by atoms with E-state index in [4.69, 9.17) is 9.47 Å². The van der Waals surface area contributed by atoms with Crippen LogP contribution in [-0.2, 0) is 9.53 Å². The van der Waals surface area contributed by atoms with E-state index in [-0.39, 0.29) is 18.1 Å². The zero-order chi connectivity index (χ0) is 19.3. The van der Waals surface area contributed by atoms with E-state index in [9.17, 15) is 4.79 Å². The second kappa shape index (κ2) is 8.73. The molecule has 1 aliphatic heterocycles. The van der Waals surface area contributed by atoms with Crippen molar-refractivity contribution >= 4 is 22.6 Å². The summed E-state index contributed by atoms with van der Waals surface area (Å²) >= 11 is 0. The number of hydrogen-bond acceptors (Lipinski definition) is 6. The number of morpholine rings is 1. The Morgan fingerprint density at radius 3 is 2.68 bits per heavy atom. The maximum Gasteiger partial charge on any atom is 0.219 e. The number of ether oxygens (including phenoxy) is 2. The van der Waals surface area contributed by atoms with Gasteiger partial charge in [0.05, 0.1) is 24.8 Å². The molecule has 0 radical (unpaired) electrons. The van der Waals surface area contributed by atoms with E-state index < -0.39 is 0 Å². The fraction of sp³-hybridized carbons (Fsp3) is 0.571. The minimum absolute atomic E-state index is 0.129. The Kier molecular flexibility index (Phi) is 5.90. The van der Waals surface area contributed by atoms with Crippen molar-refractivity contribution in [2.75, 3.05) is 31.2 Å². The Balaban J connectivity index is 1.49. The van der Waals surface area contributed by atoms with E-state index in [1.54, 1.807) is 12.4 Å². The lowest BCUT2D eigenvalue weighted by Gasteiger charge is -2.31. The van der Waals surface area contributed by atoms with E-state index in [2.05, 4.69) is 32.3 Å². The lowest BCUT2D eigenvalue weighted by Crippen LogP contribution is -2.39. The van der Waals surface area contributed by atoms with E-state index >= 15 is 0 Å². The van der Waals surface area contributed by atoms with E-state index in [1.807, 2.05) is 6.92 Å². The second-order valence-electron chi connectivity index (χ2n) is 7.48. The van der Waals surface area contributed by atoms with Crippen molar-refractivity contribution in [2.45, 2.75) is 51.2 Å². The quantitative estimate of drug-likeness (QED) is 0.854. The van der Waals surface area contributed by atoms with Crippen LogP contribution < -0.4 is 15.0 Å². The first kappa shape index (κ1) is 18.9. The van der Waals surface area contributed by atoms with E-state index in [0.717, 1.165) is 74.5 Å². The van der Waals surface area contributed by atoms with Gasteiger partial charge in [-0.1, -0.05) is 6.92 Å². The van der Waals surface area contributed by atoms with Gasteiger partial charge in [0.15, 0.2) is 0 Å². The molecule has 1 aromatic carbocycles. The summed E-state index contributed by atoms with van der Waals surface area (Å²) in [6, 6.07) is 4.44. The molecule has 0 unspecified atom stereocenters. The molecule has 2 fully saturated rings. The smallest absolute Gasteiger partial charge is 0.219 e. The number of rotatable bonds is 5. The van der Waals surface area contributed by atoms with Crippen LogP contribution in [0.1, 0.15) is 39.0 Å². The van der Waals surface area contributed by atoms with Crippen LogP contribution in [0.4, 0.5) is 5.69 Å². The average molecular weight is 384 g/mol. The Morgan fingerprint density at radius 2 is 1.93 bits per heavy atom. The third-order valence-electron chi connectivity index (χ3n) is 5.55. The summed E-state index contributed by atoms with van der Waals surface area (Å²) in [5, 5.41) is 3.10. The van der Waals surface area contributed by atoms with Gasteiger partial charge < -0.3 is 19.7 Å². The van der Waals surface area contributed by atoms with Crippen LogP contribution in [0.3, 0.4) is 0 Å². The number of carbonyl (C=O) groups is 1. The molecule has 4 rings (SSSR count). The Bertz CT molecular complexity index is 814. The van der Waals surface area contributed by atoms with Crippen LogP contribution in [0.2, 0.25) is 0 Å². The molecular formula is C21H28N4O3. The van der Waals surface area contributed by atoms with Crippen molar-refractivity contribution in [2.24, 2.45) is 0 Å². The summed E-state index contributed by atoms with van der Waals surface area (Å²) in [5.41, 5.74) is 2.77. The fourth-order valence-electron chi connectivity index (χ4n) is 3.96. The highest BCUT2D eigenvalue weighted by molar-refractivity contribution is 5.85. The Labute approximate surface area is 165 Å². The predicted molar refractivity (Wildman–Crippen MR) is 108 cm³/mol. The van der Waals surface area contributed by atoms with Crippen LogP contribution in [0.15, 0.2) is 24.5 Å². The summed E-state index contributed by atoms with van der Waals surface area (Å²) in [5.74, 6) is 0.928. The second-order valence-corrected chi connectivity index (χ2v) is 7.48. The van der Waals surface area contributed by atoms with Crippen molar-refractivity contribution in [1.29, 1.82) is 0 Å². The molecule has 0 atom stereocenters. The number of nitrogens with zero attached hydrogens (tertiary/aromatic N) is 3. The highest BCUT2D eigenvalue weighted by atomic mass is 16.5. The van der Waals surface area contributed by atoms with Crippen molar-refractivity contribution < 1.29 is 14.3 Å². The van der Waals surface area contributed by atoms with Crippen molar-refractivity contribution in [3.63, 3.8) is 0 Å². The molecule has 0 bridgehead atoms. The molecule has 2 aliphatic rings. The van der Waals surface area contributed by atoms with Gasteiger partial charge in [-0.2, -0.15) is 0 Å². The lowest BCUT2D eigenvalue weighted by molar-refractivity contribution is -0.121. The monoisotopic (exact) mass is 384 g/mol. The fourth-order valence-corrected chi connectivity index (χ4v) is 3.96. The molecule has 7 heteroatoms. The maximum absolute atomic E-state index is 11.6. The Hall–Kier alpha value is -2.41. The number of amides is 1. The molecule has 1 N–H and O–H groups in total. The number of hydrogen-bond donors (Lipinski definition) is 1. The Morgan fingerprint density at radius 1 is 1.18 bits per heavy atom. The van der Waals surface area contributed by atoms with Gasteiger partial charge in [-0.3, -0.25) is 9.78 Å². The van der Waals surface area contributed by atoms with Crippen LogP contribution in [0.25, 0.3) is 11.0 Å². The van der Waals surface area contributed by atoms with Gasteiger partial charge >= 0.3 is 0 Å². The molecule has 1 aliphatic carbocycles. The molecule has 28 heavy (non-hydrogen) atoms. The summed E-state index contributed by atoms with van der Waals surface area (Å²) in [6.45, 7) is 5.10. The molecule has 7 nitrogen and oxygen atoms in total. The normalized spacial score (nSPS) is 22.8. The number of benzene rings is 1. The molecule has 1 saturated heterocycles. The van der Waals surface area contributed by atoms with Crippen LogP contribution in [-0.4, -0.2) is 54.3 Å². The molecule has 0 spiro atoms. The minimum atomic E-state index is 0.129. The van der Waals surface area contributed by atoms with Crippen molar-refractivity contribution in [1.82, 2.24) is 15.3 Å². The highest BCUT2D eigenvalue weighted by Crippen LogP contribution is 2.32. The molecule has 1 aromatic heterocycles. The first-order valence-electron chi connectivity index (χ1n) is 10.3. The van der Waals surface area contributed by atoms with Crippen molar-refractivity contribution in [3.05, 3.63) is 24.5 Å². The van der Waals surface area contributed by atoms with Gasteiger partial charge in [0.2, 0.25) is 5.91 Å². The first-order valence-corrected chi connectivity index (χ1v) is 10.3. The molecule has 1 saturated carbocycles. The number of nitrogens with one attached hydrogen (secondary N) is 1. The van der Waals surface area contributed by atoms with E-state index in [1.165, 1.54) is 0 Å². The summed E-state index contributed by atoms with van der Waals surface area (Å²) < 4.78 is 11.9. The van der Waals surface area contributed by atoms with Crippen LogP contribution in [0, 0.1) is 0 Å². The summed E-state index contributed by atoms with van der Waals surface area (Å²) in [4.78, 5) is 22.9. The largest absolute Gasteiger partial charge is 0.488 e. The summed E-state index contributed by atoms with van der Waals surface area (Å²) in [6.07, 6.45) is 7.86. The first-order chi connectivity index (χ1) is 13.7. The van der Waals surface area contributed by atoms with Gasteiger partial charge in [-0.25, -0.2) is 4.98 Å². The van der Waals surface area contributed by atoms with Crippen LogP contribution >= 0.6 is 0 Å². The van der Waals surface area contributed by atoms with Gasteiger partial charge in [-0.15, -0.1) is 0 Å². The van der Waals surface area contributed by atoms with Gasteiger partial charge in [-0.05, 0) is 31.7 Å². The van der Waals surface area contributed by atoms with Gasteiger partial charge in [0, 0.05) is 49.7 Å².